The quantitative estimate of drug-likeness (QED) is 0.190. The molecule has 0 aliphatic rings. The van der Waals surface area contributed by atoms with Gasteiger partial charge in [0.1, 0.15) is 11.1 Å². The summed E-state index contributed by atoms with van der Waals surface area (Å²) in [5.41, 5.74) is 10.9. The summed E-state index contributed by atoms with van der Waals surface area (Å²) in [5.74, 6) is 1.35. The number of fused-ring (bicyclic) bond motifs is 9. The number of furan rings is 1. The maximum atomic E-state index is 6.62. The lowest BCUT2D eigenvalue weighted by atomic mass is 10.0. The van der Waals surface area contributed by atoms with E-state index in [2.05, 4.69) is 161 Å². The van der Waals surface area contributed by atoms with E-state index < -0.39 is 0 Å². The lowest BCUT2D eigenvalue weighted by Gasteiger charge is -2.15. The van der Waals surface area contributed by atoms with Crippen molar-refractivity contribution in [3.05, 3.63) is 170 Å². The smallest absolute Gasteiger partial charge is 0.197 e. The molecule has 0 N–H and O–H groups in total. The zero-order valence-corrected chi connectivity index (χ0v) is 27.4. The minimum absolute atomic E-state index is 0.631. The van der Waals surface area contributed by atoms with Crippen LogP contribution in [0.25, 0.3) is 99.7 Å². The van der Waals surface area contributed by atoms with Gasteiger partial charge in [0.25, 0.3) is 0 Å². The molecule has 4 aromatic heterocycles. The molecule has 0 fully saturated rings. The molecular formula is C46H28N4O. The van der Waals surface area contributed by atoms with E-state index in [9.17, 15) is 0 Å². The second kappa shape index (κ2) is 10.8. The van der Waals surface area contributed by atoms with Crippen molar-refractivity contribution in [1.82, 2.24) is 19.1 Å². The van der Waals surface area contributed by atoms with Crippen molar-refractivity contribution in [2.24, 2.45) is 0 Å². The molecule has 0 radical (unpaired) electrons. The third-order valence-corrected chi connectivity index (χ3v) is 10.2. The standard InChI is InChI=1S/C46H28N4O/c1-2-14-29(15-3-1)30-26-27-34-33-18-4-9-21-37(33)49(41(34)28-30)40-24-12-7-19-35(40)45-47-43-36-20-8-13-25-42(36)51-44(43)46(48-45)50-38-22-10-5-16-31(38)32-17-6-11-23-39(32)50/h1-28H. The first-order chi connectivity index (χ1) is 25.3. The predicted octanol–water partition coefficient (Wildman–Crippen LogP) is 11.9. The molecule has 0 aliphatic heterocycles. The number of para-hydroxylation sites is 5. The van der Waals surface area contributed by atoms with Gasteiger partial charge in [0.15, 0.2) is 17.2 Å². The minimum Gasteiger partial charge on any atom is -0.450 e. The van der Waals surface area contributed by atoms with E-state index in [0.29, 0.717) is 17.2 Å². The van der Waals surface area contributed by atoms with Crippen LogP contribution in [0.2, 0.25) is 0 Å². The zero-order chi connectivity index (χ0) is 33.5. The van der Waals surface area contributed by atoms with Crippen LogP contribution in [0.4, 0.5) is 0 Å². The Morgan fingerprint density at radius 2 is 0.980 bits per heavy atom. The lowest BCUT2D eigenvalue weighted by Crippen LogP contribution is -2.04. The molecule has 0 amide bonds. The van der Waals surface area contributed by atoms with Gasteiger partial charge in [0.2, 0.25) is 0 Å². The summed E-state index contributed by atoms with van der Waals surface area (Å²) < 4.78 is 11.2. The lowest BCUT2D eigenvalue weighted by molar-refractivity contribution is 0.662. The van der Waals surface area contributed by atoms with Crippen LogP contribution in [0, 0.1) is 0 Å². The number of hydrogen-bond donors (Lipinski definition) is 0. The Morgan fingerprint density at radius 3 is 1.71 bits per heavy atom. The van der Waals surface area contributed by atoms with E-state index in [4.69, 9.17) is 14.4 Å². The van der Waals surface area contributed by atoms with Gasteiger partial charge in [-0.1, -0.05) is 121 Å². The largest absolute Gasteiger partial charge is 0.450 e. The number of aromatic nitrogens is 4. The van der Waals surface area contributed by atoms with Gasteiger partial charge in [-0.2, -0.15) is 0 Å². The maximum absolute atomic E-state index is 6.62. The molecule has 4 heterocycles. The van der Waals surface area contributed by atoms with E-state index in [1.54, 1.807) is 0 Å². The average Bonchev–Trinajstić information content (AvgIpc) is 3.85. The molecule has 0 aliphatic carbocycles. The Labute approximate surface area is 292 Å². The molecule has 11 rings (SSSR count). The van der Waals surface area contributed by atoms with Crippen molar-refractivity contribution < 1.29 is 4.42 Å². The Morgan fingerprint density at radius 1 is 0.412 bits per heavy atom. The Balaban J connectivity index is 1.24. The Bertz CT molecular complexity index is 3090. The minimum atomic E-state index is 0.631. The van der Waals surface area contributed by atoms with Gasteiger partial charge in [-0.05, 0) is 59.7 Å². The molecule has 51 heavy (non-hydrogen) atoms. The van der Waals surface area contributed by atoms with Gasteiger partial charge >= 0.3 is 0 Å². The second-order valence-corrected chi connectivity index (χ2v) is 13.0. The van der Waals surface area contributed by atoms with Crippen LogP contribution in [0.5, 0.6) is 0 Å². The monoisotopic (exact) mass is 652 g/mol. The highest BCUT2D eigenvalue weighted by Crippen LogP contribution is 2.40. The summed E-state index contributed by atoms with van der Waals surface area (Å²) in [5, 5.41) is 5.68. The van der Waals surface area contributed by atoms with E-state index in [1.807, 2.05) is 18.2 Å². The summed E-state index contributed by atoms with van der Waals surface area (Å²) in [6.07, 6.45) is 0. The molecule has 7 aromatic carbocycles. The number of rotatable bonds is 4. The number of hydrogen-bond acceptors (Lipinski definition) is 3. The molecule has 5 nitrogen and oxygen atoms in total. The van der Waals surface area contributed by atoms with Gasteiger partial charge < -0.3 is 8.98 Å². The molecule has 0 spiro atoms. The number of benzene rings is 7. The number of nitrogens with zero attached hydrogens (tertiary/aromatic N) is 4. The third-order valence-electron chi connectivity index (χ3n) is 10.2. The highest BCUT2D eigenvalue weighted by molar-refractivity contribution is 6.13. The molecular weight excluding hydrogens is 625 g/mol. The van der Waals surface area contributed by atoms with Gasteiger partial charge in [-0.3, -0.25) is 4.57 Å². The maximum Gasteiger partial charge on any atom is 0.197 e. The normalized spacial score (nSPS) is 11.9. The van der Waals surface area contributed by atoms with E-state index in [0.717, 1.165) is 60.6 Å². The SMILES string of the molecule is c1ccc(-c2ccc3c4ccccc4n(-c4ccccc4-c4nc(-n5c6ccccc6c6ccccc65)c5oc6ccccc6c5n4)c3c2)cc1. The summed E-state index contributed by atoms with van der Waals surface area (Å²) in [6.45, 7) is 0. The highest BCUT2D eigenvalue weighted by atomic mass is 16.3. The fourth-order valence-corrected chi connectivity index (χ4v) is 7.90. The molecule has 0 unspecified atom stereocenters. The fourth-order valence-electron chi connectivity index (χ4n) is 7.90. The molecule has 5 heteroatoms. The van der Waals surface area contributed by atoms with Gasteiger partial charge in [0.05, 0.1) is 27.8 Å². The Kier molecular flexibility index (Phi) is 5.89. The van der Waals surface area contributed by atoms with E-state index >= 15 is 0 Å². The first kappa shape index (κ1) is 27.9. The highest BCUT2D eigenvalue weighted by Gasteiger charge is 2.24. The fraction of sp³-hybridized carbons (Fsp3) is 0. The van der Waals surface area contributed by atoms with Crippen LogP contribution in [0.15, 0.2) is 174 Å². The molecule has 11 aromatic rings. The molecule has 0 bridgehead atoms. The molecule has 0 atom stereocenters. The van der Waals surface area contributed by atoms with Crippen LogP contribution in [0.3, 0.4) is 0 Å². The van der Waals surface area contributed by atoms with Crippen molar-refractivity contribution in [1.29, 1.82) is 0 Å². The Hall–Kier alpha value is -6.98. The van der Waals surface area contributed by atoms with Crippen molar-refractivity contribution in [2.45, 2.75) is 0 Å². The topological polar surface area (TPSA) is 48.8 Å². The first-order valence-corrected chi connectivity index (χ1v) is 17.2. The van der Waals surface area contributed by atoms with Crippen molar-refractivity contribution in [3.63, 3.8) is 0 Å². The third kappa shape index (κ3) is 4.09. The summed E-state index contributed by atoms with van der Waals surface area (Å²) in [6, 6.07) is 59.6. The van der Waals surface area contributed by atoms with Gasteiger partial charge in [-0.15, -0.1) is 0 Å². The molecule has 238 valence electrons. The second-order valence-electron chi connectivity index (χ2n) is 13.0. The average molecular weight is 653 g/mol. The van der Waals surface area contributed by atoms with Crippen LogP contribution in [0.1, 0.15) is 0 Å². The van der Waals surface area contributed by atoms with E-state index in [1.165, 1.54) is 21.9 Å². The van der Waals surface area contributed by atoms with Crippen LogP contribution in [-0.2, 0) is 0 Å². The molecule has 0 saturated carbocycles. The van der Waals surface area contributed by atoms with Crippen LogP contribution in [-0.4, -0.2) is 19.1 Å². The van der Waals surface area contributed by atoms with Crippen LogP contribution >= 0.6 is 0 Å². The first-order valence-electron chi connectivity index (χ1n) is 17.2. The van der Waals surface area contributed by atoms with Gasteiger partial charge in [-0.25, -0.2) is 9.97 Å². The summed E-state index contributed by atoms with van der Waals surface area (Å²) in [7, 11) is 0. The predicted molar refractivity (Wildman–Crippen MR) is 209 cm³/mol. The van der Waals surface area contributed by atoms with Gasteiger partial charge in [0, 0.05) is 32.5 Å². The molecule has 0 saturated heterocycles. The van der Waals surface area contributed by atoms with Crippen molar-refractivity contribution in [2.75, 3.05) is 0 Å². The van der Waals surface area contributed by atoms with Crippen LogP contribution < -0.4 is 0 Å². The zero-order valence-electron chi connectivity index (χ0n) is 27.4. The summed E-state index contributed by atoms with van der Waals surface area (Å²) in [4.78, 5) is 10.8. The van der Waals surface area contributed by atoms with E-state index in [-0.39, 0.29) is 0 Å². The summed E-state index contributed by atoms with van der Waals surface area (Å²) >= 11 is 0. The van der Waals surface area contributed by atoms with Crippen molar-refractivity contribution >= 4 is 65.7 Å². The van der Waals surface area contributed by atoms with Crippen molar-refractivity contribution in [3.8, 4) is 34.0 Å².